The van der Waals surface area contributed by atoms with Crippen molar-refractivity contribution in [2.75, 3.05) is 4.72 Å². The molecule has 0 aliphatic carbocycles. The van der Waals surface area contributed by atoms with Crippen molar-refractivity contribution in [2.45, 2.75) is 18.4 Å². The quantitative estimate of drug-likeness (QED) is 0.214. The van der Waals surface area contributed by atoms with Crippen LogP contribution in [0.15, 0.2) is 102 Å². The number of fused-ring (bicyclic) bond motifs is 1. The highest BCUT2D eigenvalue weighted by molar-refractivity contribution is 7.92. The molecule has 0 radical (unpaired) electrons. The first-order chi connectivity index (χ1) is 17.3. The number of imidazole rings is 1. The molecule has 0 saturated carbocycles. The number of hydrogen-bond acceptors (Lipinski definition) is 4. The smallest absolute Gasteiger partial charge is 0.261 e. The lowest BCUT2D eigenvalue weighted by Crippen LogP contribution is -2.13. The maximum Gasteiger partial charge on any atom is 0.261 e. The number of nitrogen functional groups attached to an aromatic ring is 1. The molecule has 0 fully saturated rings. The van der Waals surface area contributed by atoms with Gasteiger partial charge in [0.25, 0.3) is 10.0 Å². The van der Waals surface area contributed by atoms with Gasteiger partial charge in [0.15, 0.2) is 0 Å². The summed E-state index contributed by atoms with van der Waals surface area (Å²) in [5.74, 6) is 0.906. The highest BCUT2D eigenvalue weighted by atomic mass is 32.2. The summed E-state index contributed by atoms with van der Waals surface area (Å²) in [5, 5.41) is 7.59. The predicted molar refractivity (Wildman–Crippen MR) is 144 cm³/mol. The first-order valence-corrected chi connectivity index (χ1v) is 12.9. The highest BCUT2D eigenvalue weighted by Gasteiger charge is 2.14. The van der Waals surface area contributed by atoms with Gasteiger partial charge in [-0.1, -0.05) is 60.7 Å². The minimum Gasteiger partial charge on any atom is -0.384 e. The summed E-state index contributed by atoms with van der Waals surface area (Å²) in [4.78, 5) is 4.93. The molecule has 180 valence electrons. The Labute approximate surface area is 209 Å². The number of nitrogens with two attached hydrogens (primary N) is 1. The van der Waals surface area contributed by atoms with Crippen molar-refractivity contribution in [3.8, 4) is 11.1 Å². The monoisotopic (exact) mass is 495 g/mol. The number of anilines is 1. The fourth-order valence-electron chi connectivity index (χ4n) is 4.19. The number of sulfonamides is 1. The largest absolute Gasteiger partial charge is 0.384 e. The Kier molecular flexibility index (Phi) is 6.03. The van der Waals surface area contributed by atoms with Crippen LogP contribution in [0.5, 0.6) is 0 Å². The standard InChI is InChI=1S/C28H25N5O2S/c1-19-31-26-15-14-23(21-10-12-22(13-11-21)28(29)30)17-27(26)33(19)18-20-6-5-7-24(16-20)32-36(34,35)25-8-3-2-4-9-25/h2-17,32H,18H2,1H3,(H3,29,30). The van der Waals surface area contributed by atoms with Gasteiger partial charge in [-0.15, -0.1) is 0 Å². The number of amidine groups is 1. The summed E-state index contributed by atoms with van der Waals surface area (Å²) >= 11 is 0. The van der Waals surface area contributed by atoms with Gasteiger partial charge in [-0.05, 0) is 60.0 Å². The summed E-state index contributed by atoms with van der Waals surface area (Å²) in [6.07, 6.45) is 0. The lowest BCUT2D eigenvalue weighted by molar-refractivity contribution is 0.601. The van der Waals surface area contributed by atoms with Gasteiger partial charge in [0.05, 0.1) is 15.9 Å². The minimum absolute atomic E-state index is 0.0407. The van der Waals surface area contributed by atoms with E-state index in [1.54, 1.807) is 36.4 Å². The molecule has 1 heterocycles. The molecule has 5 rings (SSSR count). The Morgan fingerprint density at radius 2 is 1.64 bits per heavy atom. The van der Waals surface area contributed by atoms with Crippen molar-refractivity contribution >= 4 is 32.6 Å². The summed E-state index contributed by atoms with van der Waals surface area (Å²) < 4.78 is 30.3. The Morgan fingerprint density at radius 3 is 2.36 bits per heavy atom. The van der Waals surface area contributed by atoms with Crippen LogP contribution < -0.4 is 10.5 Å². The maximum absolute atomic E-state index is 12.7. The second-order valence-electron chi connectivity index (χ2n) is 8.56. The number of nitrogens with one attached hydrogen (secondary N) is 2. The fraction of sp³-hybridized carbons (Fsp3) is 0.0714. The SMILES string of the molecule is Cc1nc2ccc(-c3ccc(C(=N)N)cc3)cc2n1Cc1cccc(NS(=O)(=O)c2ccccc2)c1. The molecule has 1 aromatic heterocycles. The van der Waals surface area contributed by atoms with Crippen LogP contribution >= 0.6 is 0 Å². The van der Waals surface area contributed by atoms with Crippen LogP contribution in [0.2, 0.25) is 0 Å². The third-order valence-corrected chi connectivity index (χ3v) is 7.44. The van der Waals surface area contributed by atoms with Crippen molar-refractivity contribution in [3.05, 3.63) is 114 Å². The molecule has 0 atom stereocenters. The van der Waals surface area contributed by atoms with Crippen molar-refractivity contribution in [3.63, 3.8) is 0 Å². The molecule has 0 aliphatic heterocycles. The van der Waals surface area contributed by atoms with Crippen LogP contribution in [0.3, 0.4) is 0 Å². The van der Waals surface area contributed by atoms with Gasteiger partial charge >= 0.3 is 0 Å². The van der Waals surface area contributed by atoms with Crippen molar-refractivity contribution in [1.82, 2.24) is 9.55 Å². The van der Waals surface area contributed by atoms with E-state index in [0.29, 0.717) is 17.8 Å². The minimum atomic E-state index is -3.67. The molecule has 0 bridgehead atoms. The van der Waals surface area contributed by atoms with E-state index in [9.17, 15) is 8.42 Å². The first-order valence-electron chi connectivity index (χ1n) is 11.4. The average molecular weight is 496 g/mol. The molecule has 4 N–H and O–H groups in total. The van der Waals surface area contributed by atoms with E-state index in [1.165, 1.54) is 0 Å². The van der Waals surface area contributed by atoms with Gasteiger partial charge in [-0.3, -0.25) is 10.1 Å². The molecule has 5 aromatic rings. The van der Waals surface area contributed by atoms with Crippen molar-refractivity contribution in [1.29, 1.82) is 5.41 Å². The second-order valence-corrected chi connectivity index (χ2v) is 10.2. The van der Waals surface area contributed by atoms with Gasteiger partial charge in [0.1, 0.15) is 11.7 Å². The molecule has 0 aliphatic rings. The van der Waals surface area contributed by atoms with E-state index >= 15 is 0 Å². The molecule has 8 heteroatoms. The van der Waals surface area contributed by atoms with Crippen LogP contribution in [0.25, 0.3) is 22.2 Å². The Hall–Kier alpha value is -4.43. The molecule has 0 amide bonds. The summed E-state index contributed by atoms with van der Waals surface area (Å²) in [6, 6.07) is 29.4. The number of rotatable bonds is 7. The van der Waals surface area contributed by atoms with E-state index in [4.69, 9.17) is 16.1 Å². The second kappa shape index (κ2) is 9.31. The van der Waals surface area contributed by atoms with Crippen molar-refractivity contribution < 1.29 is 8.42 Å². The maximum atomic E-state index is 12.7. The van der Waals surface area contributed by atoms with Gasteiger partial charge in [-0.25, -0.2) is 13.4 Å². The Morgan fingerprint density at radius 1 is 0.917 bits per heavy atom. The third kappa shape index (κ3) is 4.71. The fourth-order valence-corrected chi connectivity index (χ4v) is 5.26. The number of nitrogens with zero attached hydrogens (tertiary/aromatic N) is 2. The van der Waals surface area contributed by atoms with Gasteiger partial charge in [0, 0.05) is 17.8 Å². The van der Waals surface area contributed by atoms with Gasteiger partial charge in [0.2, 0.25) is 0 Å². The Bertz CT molecular complexity index is 1670. The molecule has 0 saturated heterocycles. The molecule has 4 aromatic carbocycles. The lowest BCUT2D eigenvalue weighted by Gasteiger charge is -2.12. The number of hydrogen-bond donors (Lipinski definition) is 3. The van der Waals surface area contributed by atoms with Gasteiger partial charge < -0.3 is 10.3 Å². The van der Waals surface area contributed by atoms with E-state index in [0.717, 1.165) is 33.5 Å². The predicted octanol–water partition coefficient (Wildman–Crippen LogP) is 5.14. The molecule has 0 unspecified atom stereocenters. The van der Waals surface area contributed by atoms with Crippen LogP contribution in [0, 0.1) is 12.3 Å². The molecule has 0 spiro atoms. The molecule has 36 heavy (non-hydrogen) atoms. The van der Waals surface area contributed by atoms with E-state index in [1.807, 2.05) is 61.5 Å². The Balaban J connectivity index is 1.44. The summed E-state index contributed by atoms with van der Waals surface area (Å²) in [6.45, 7) is 2.50. The molecular formula is C28H25N5O2S. The lowest BCUT2D eigenvalue weighted by atomic mass is 10.0. The van der Waals surface area contributed by atoms with Crippen LogP contribution in [-0.4, -0.2) is 23.8 Å². The third-order valence-electron chi connectivity index (χ3n) is 6.04. The number of benzene rings is 4. The van der Waals surface area contributed by atoms with E-state index in [2.05, 4.69) is 15.4 Å². The van der Waals surface area contributed by atoms with Crippen LogP contribution in [0.1, 0.15) is 17.0 Å². The molecular weight excluding hydrogens is 470 g/mol. The summed E-state index contributed by atoms with van der Waals surface area (Å²) in [7, 11) is -3.67. The van der Waals surface area contributed by atoms with Crippen molar-refractivity contribution in [2.24, 2.45) is 5.73 Å². The molecule has 7 nitrogen and oxygen atoms in total. The first kappa shape index (κ1) is 23.3. The highest BCUT2D eigenvalue weighted by Crippen LogP contribution is 2.27. The topological polar surface area (TPSA) is 114 Å². The number of aromatic nitrogens is 2. The zero-order chi connectivity index (χ0) is 25.3. The number of aryl methyl sites for hydroxylation is 1. The van der Waals surface area contributed by atoms with Crippen LogP contribution in [0.4, 0.5) is 5.69 Å². The van der Waals surface area contributed by atoms with E-state index < -0.39 is 10.0 Å². The normalized spacial score (nSPS) is 11.5. The van der Waals surface area contributed by atoms with E-state index in [-0.39, 0.29) is 10.7 Å². The average Bonchev–Trinajstić information content (AvgIpc) is 3.18. The van der Waals surface area contributed by atoms with Crippen LogP contribution in [-0.2, 0) is 16.6 Å². The summed E-state index contributed by atoms with van der Waals surface area (Å²) in [5.41, 5.74) is 11.6. The van der Waals surface area contributed by atoms with Gasteiger partial charge in [-0.2, -0.15) is 0 Å². The zero-order valence-corrected chi connectivity index (χ0v) is 20.5. The zero-order valence-electron chi connectivity index (χ0n) is 19.6.